The van der Waals surface area contributed by atoms with Crippen molar-refractivity contribution in [2.45, 2.75) is 31.6 Å². The lowest BCUT2D eigenvalue weighted by molar-refractivity contribution is -0.115. The molecule has 0 aliphatic carbocycles. The van der Waals surface area contributed by atoms with Crippen LogP contribution in [0.5, 0.6) is 0 Å². The Hall–Kier alpha value is -3.20. The second-order valence-corrected chi connectivity index (χ2v) is 12.2. The predicted octanol–water partition coefficient (Wildman–Crippen LogP) is 6.01. The minimum Gasteiger partial charge on any atom is -0.302 e. The lowest BCUT2D eigenvalue weighted by Crippen LogP contribution is -2.29. The predicted molar refractivity (Wildman–Crippen MR) is 145 cm³/mol. The molecule has 4 aromatic rings. The molecule has 3 aromatic carbocycles. The molecule has 1 N–H and O–H groups in total. The summed E-state index contributed by atoms with van der Waals surface area (Å²) in [5, 5.41) is 4.00. The number of fused-ring (bicyclic) bond motifs is 1. The molecule has 36 heavy (non-hydrogen) atoms. The van der Waals surface area contributed by atoms with Gasteiger partial charge in [-0.05, 0) is 67.3 Å². The number of amides is 1. The Kier molecular flexibility index (Phi) is 6.59. The number of aryl methyl sites for hydroxylation is 2. The van der Waals surface area contributed by atoms with E-state index in [1.807, 2.05) is 56.3 Å². The maximum Gasteiger partial charge on any atom is 0.264 e. The van der Waals surface area contributed by atoms with E-state index in [0.717, 1.165) is 32.8 Å². The summed E-state index contributed by atoms with van der Waals surface area (Å²) in [6, 6.07) is 20.0. The molecule has 0 radical (unpaired) electrons. The SMILES string of the molecule is Cc1ccccc1S(=O)(=O)N1CCc2cc(-c3nc(NC(=O)Cc4cccc(Cl)c4)sc3C)ccc21. The van der Waals surface area contributed by atoms with Crippen LogP contribution in [0, 0.1) is 13.8 Å². The zero-order valence-corrected chi connectivity index (χ0v) is 22.2. The number of sulfonamides is 1. The van der Waals surface area contributed by atoms with Crippen LogP contribution in [0.2, 0.25) is 5.02 Å². The van der Waals surface area contributed by atoms with Gasteiger partial charge in [-0.1, -0.05) is 48.0 Å². The largest absolute Gasteiger partial charge is 0.302 e. The first-order chi connectivity index (χ1) is 17.2. The molecule has 1 aromatic heterocycles. The number of thiazole rings is 1. The van der Waals surface area contributed by atoms with Crippen LogP contribution in [0.3, 0.4) is 0 Å². The lowest BCUT2D eigenvalue weighted by Gasteiger charge is -2.21. The highest BCUT2D eigenvalue weighted by molar-refractivity contribution is 7.93. The third-order valence-electron chi connectivity index (χ3n) is 6.16. The molecule has 5 rings (SSSR count). The molecule has 0 saturated heterocycles. The summed E-state index contributed by atoms with van der Waals surface area (Å²) in [4.78, 5) is 18.5. The van der Waals surface area contributed by atoms with Gasteiger partial charge in [0.15, 0.2) is 5.13 Å². The zero-order chi connectivity index (χ0) is 25.4. The second-order valence-electron chi connectivity index (χ2n) is 8.71. The van der Waals surface area contributed by atoms with Crippen molar-refractivity contribution >= 4 is 49.7 Å². The molecule has 9 heteroatoms. The summed E-state index contributed by atoms with van der Waals surface area (Å²) in [5.74, 6) is -0.163. The summed E-state index contributed by atoms with van der Waals surface area (Å²) in [6.45, 7) is 4.17. The molecular formula is C27H24ClN3O3S2. The van der Waals surface area contributed by atoms with E-state index in [1.165, 1.54) is 15.6 Å². The van der Waals surface area contributed by atoms with E-state index in [-0.39, 0.29) is 12.3 Å². The van der Waals surface area contributed by atoms with Gasteiger partial charge in [-0.25, -0.2) is 13.4 Å². The van der Waals surface area contributed by atoms with E-state index >= 15 is 0 Å². The molecule has 0 bridgehead atoms. The topological polar surface area (TPSA) is 79.4 Å². The standard InChI is InChI=1S/C27H24ClN3O3S2/c1-17-6-3-4-9-24(17)36(33,34)31-13-12-20-16-21(10-11-23(20)31)26-18(2)35-27(30-26)29-25(32)15-19-7-5-8-22(28)14-19/h3-11,14,16H,12-13,15H2,1-2H3,(H,29,30,32). The average Bonchev–Trinajstić information content (AvgIpc) is 3.42. The van der Waals surface area contributed by atoms with Crippen molar-refractivity contribution in [3.8, 4) is 11.3 Å². The van der Waals surface area contributed by atoms with Crippen LogP contribution in [0.1, 0.15) is 21.6 Å². The Morgan fingerprint density at radius 2 is 1.89 bits per heavy atom. The first-order valence-electron chi connectivity index (χ1n) is 11.5. The summed E-state index contributed by atoms with van der Waals surface area (Å²) >= 11 is 7.43. The normalized spacial score (nSPS) is 13.0. The smallest absolute Gasteiger partial charge is 0.264 e. The number of halogens is 1. The molecule has 0 atom stereocenters. The number of hydrogen-bond donors (Lipinski definition) is 1. The summed E-state index contributed by atoms with van der Waals surface area (Å²) in [6.07, 6.45) is 0.833. The van der Waals surface area contributed by atoms with Gasteiger partial charge in [0.05, 0.1) is 22.7 Å². The maximum absolute atomic E-state index is 13.4. The molecule has 184 valence electrons. The van der Waals surface area contributed by atoms with Crippen molar-refractivity contribution in [3.05, 3.63) is 93.3 Å². The number of aromatic nitrogens is 1. The van der Waals surface area contributed by atoms with Gasteiger partial charge in [0.25, 0.3) is 10.0 Å². The van der Waals surface area contributed by atoms with Gasteiger partial charge in [0.1, 0.15) is 0 Å². The molecule has 1 aliphatic heterocycles. The van der Waals surface area contributed by atoms with Crippen LogP contribution in [-0.4, -0.2) is 25.9 Å². The molecule has 0 fully saturated rings. The number of nitrogens with one attached hydrogen (secondary N) is 1. The molecule has 0 saturated carbocycles. The van der Waals surface area contributed by atoms with Gasteiger partial charge in [0.2, 0.25) is 5.91 Å². The summed E-state index contributed by atoms with van der Waals surface area (Å²) in [5.41, 5.74) is 4.89. The molecule has 0 unspecified atom stereocenters. The number of carbonyl (C=O) groups is 1. The van der Waals surface area contributed by atoms with E-state index in [1.54, 1.807) is 24.3 Å². The monoisotopic (exact) mass is 537 g/mol. The van der Waals surface area contributed by atoms with Gasteiger partial charge < -0.3 is 5.32 Å². The summed E-state index contributed by atoms with van der Waals surface area (Å²) < 4.78 is 28.2. The minimum absolute atomic E-state index is 0.163. The number of hydrogen-bond acceptors (Lipinski definition) is 5. The van der Waals surface area contributed by atoms with E-state index in [0.29, 0.717) is 33.7 Å². The fourth-order valence-corrected chi connectivity index (χ4v) is 7.24. The van der Waals surface area contributed by atoms with E-state index in [4.69, 9.17) is 11.6 Å². The fourth-order valence-electron chi connectivity index (χ4n) is 4.45. The van der Waals surface area contributed by atoms with E-state index in [9.17, 15) is 13.2 Å². The van der Waals surface area contributed by atoms with Gasteiger partial charge in [-0.2, -0.15) is 0 Å². The third kappa shape index (κ3) is 4.76. The zero-order valence-electron chi connectivity index (χ0n) is 19.8. The number of nitrogens with zero attached hydrogens (tertiary/aromatic N) is 2. The van der Waals surface area contributed by atoms with Crippen molar-refractivity contribution in [1.29, 1.82) is 0 Å². The van der Waals surface area contributed by atoms with Crippen LogP contribution in [0.15, 0.2) is 71.6 Å². The van der Waals surface area contributed by atoms with Crippen molar-refractivity contribution < 1.29 is 13.2 Å². The maximum atomic E-state index is 13.4. The number of carbonyl (C=O) groups excluding carboxylic acids is 1. The van der Waals surface area contributed by atoms with Crippen LogP contribution in [0.25, 0.3) is 11.3 Å². The molecular weight excluding hydrogens is 514 g/mol. The van der Waals surface area contributed by atoms with Crippen LogP contribution in [-0.2, 0) is 27.7 Å². The quantitative estimate of drug-likeness (QED) is 0.326. The Balaban J connectivity index is 1.36. The number of rotatable bonds is 6. The highest BCUT2D eigenvalue weighted by Gasteiger charge is 2.32. The van der Waals surface area contributed by atoms with Gasteiger partial charge in [0, 0.05) is 22.0 Å². The second kappa shape index (κ2) is 9.69. The van der Waals surface area contributed by atoms with Crippen molar-refractivity contribution in [2.75, 3.05) is 16.2 Å². The van der Waals surface area contributed by atoms with Crippen LogP contribution < -0.4 is 9.62 Å². The van der Waals surface area contributed by atoms with Crippen LogP contribution >= 0.6 is 22.9 Å². The van der Waals surface area contributed by atoms with Crippen molar-refractivity contribution in [2.24, 2.45) is 0 Å². The lowest BCUT2D eigenvalue weighted by atomic mass is 10.1. The number of anilines is 2. The van der Waals surface area contributed by atoms with E-state index in [2.05, 4.69) is 10.3 Å². The fraction of sp³-hybridized carbons (Fsp3) is 0.185. The molecule has 1 aliphatic rings. The molecule has 2 heterocycles. The van der Waals surface area contributed by atoms with Crippen LogP contribution in [0.4, 0.5) is 10.8 Å². The summed E-state index contributed by atoms with van der Waals surface area (Å²) in [7, 11) is -3.64. The Bertz CT molecular complexity index is 1580. The average molecular weight is 538 g/mol. The van der Waals surface area contributed by atoms with Gasteiger partial charge in [-0.3, -0.25) is 9.10 Å². The molecule has 6 nitrogen and oxygen atoms in total. The Morgan fingerprint density at radius 1 is 1.08 bits per heavy atom. The molecule has 0 spiro atoms. The highest BCUT2D eigenvalue weighted by atomic mass is 35.5. The highest BCUT2D eigenvalue weighted by Crippen LogP contribution is 2.38. The van der Waals surface area contributed by atoms with Crippen molar-refractivity contribution in [3.63, 3.8) is 0 Å². The molecule has 1 amide bonds. The third-order valence-corrected chi connectivity index (χ3v) is 9.26. The van der Waals surface area contributed by atoms with E-state index < -0.39 is 10.0 Å². The van der Waals surface area contributed by atoms with Gasteiger partial charge in [-0.15, -0.1) is 11.3 Å². The Morgan fingerprint density at radius 3 is 2.67 bits per heavy atom. The van der Waals surface area contributed by atoms with Crippen molar-refractivity contribution in [1.82, 2.24) is 4.98 Å². The Labute approximate surface area is 219 Å². The van der Waals surface area contributed by atoms with Gasteiger partial charge >= 0.3 is 0 Å². The number of benzene rings is 3. The minimum atomic E-state index is -3.64. The first kappa shape index (κ1) is 24.5. The first-order valence-corrected chi connectivity index (χ1v) is 14.1.